The van der Waals surface area contributed by atoms with Crippen molar-refractivity contribution in [2.24, 2.45) is 5.92 Å². The van der Waals surface area contributed by atoms with E-state index in [9.17, 15) is 9.59 Å². The predicted molar refractivity (Wildman–Crippen MR) is 126 cm³/mol. The summed E-state index contributed by atoms with van der Waals surface area (Å²) >= 11 is 0. The van der Waals surface area contributed by atoms with Gasteiger partial charge in [0.25, 0.3) is 0 Å². The fourth-order valence-electron chi connectivity index (χ4n) is 3.56. The molecule has 0 N–H and O–H groups in total. The minimum Gasteiger partial charge on any atom is -0.466 e. The molecule has 0 aliphatic heterocycles. The van der Waals surface area contributed by atoms with Gasteiger partial charge in [-0.05, 0) is 38.5 Å². The minimum absolute atomic E-state index is 0.0377. The molecule has 0 amide bonds. The Labute approximate surface area is 186 Å². The van der Waals surface area contributed by atoms with Gasteiger partial charge in [-0.1, -0.05) is 91.4 Å². The number of esters is 2. The first-order valence-corrected chi connectivity index (χ1v) is 12.8. The highest BCUT2D eigenvalue weighted by molar-refractivity contribution is 5.72. The van der Waals surface area contributed by atoms with Gasteiger partial charge >= 0.3 is 11.9 Å². The second-order valence-electron chi connectivity index (χ2n) is 9.23. The number of carbonyl (C=O) groups is 2. The molecule has 0 aromatic heterocycles. The van der Waals surface area contributed by atoms with Crippen LogP contribution in [0.5, 0.6) is 0 Å². The number of carbonyl (C=O) groups excluding carboxylic acids is 2. The van der Waals surface area contributed by atoms with E-state index in [1.54, 1.807) is 0 Å². The lowest BCUT2D eigenvalue weighted by atomic mass is 10.0. The van der Waals surface area contributed by atoms with Crippen LogP contribution in [-0.4, -0.2) is 24.6 Å². The maximum Gasteiger partial charge on any atom is 0.306 e. The van der Waals surface area contributed by atoms with Crippen LogP contribution in [0.3, 0.4) is 0 Å². The summed E-state index contributed by atoms with van der Waals surface area (Å²) in [5.41, 5.74) is 0. The Balaban J connectivity index is 3.42. The quantitative estimate of drug-likeness (QED) is 0.139. The van der Waals surface area contributed by atoms with Crippen molar-refractivity contribution in [1.82, 2.24) is 0 Å². The second-order valence-corrected chi connectivity index (χ2v) is 9.23. The van der Waals surface area contributed by atoms with Gasteiger partial charge in [-0.2, -0.15) is 0 Å². The summed E-state index contributed by atoms with van der Waals surface area (Å²) < 4.78 is 10.7. The molecule has 0 radical (unpaired) electrons. The molecule has 0 bridgehead atoms. The molecule has 0 spiro atoms. The fourth-order valence-corrected chi connectivity index (χ4v) is 3.56. The molecule has 1 unspecified atom stereocenters. The van der Waals surface area contributed by atoms with Crippen molar-refractivity contribution < 1.29 is 19.1 Å². The van der Waals surface area contributed by atoms with Crippen molar-refractivity contribution in [3.8, 4) is 0 Å². The van der Waals surface area contributed by atoms with Gasteiger partial charge < -0.3 is 9.47 Å². The number of hydrogen-bond acceptors (Lipinski definition) is 4. The number of ether oxygens (including phenoxy) is 2. The number of hydrogen-bond donors (Lipinski definition) is 0. The van der Waals surface area contributed by atoms with E-state index >= 15 is 0 Å². The summed E-state index contributed by atoms with van der Waals surface area (Å²) in [5.74, 6) is 0.286. The Hall–Kier alpha value is -1.06. The lowest BCUT2D eigenvalue weighted by molar-refractivity contribution is -0.149. The van der Waals surface area contributed by atoms with Crippen molar-refractivity contribution in [3.05, 3.63) is 0 Å². The zero-order chi connectivity index (χ0) is 22.5. The lowest BCUT2D eigenvalue weighted by Crippen LogP contribution is -2.15. The molecule has 0 saturated heterocycles. The Morgan fingerprint density at radius 3 is 1.73 bits per heavy atom. The molecule has 0 aliphatic rings. The van der Waals surface area contributed by atoms with E-state index < -0.39 is 0 Å². The SMILES string of the molecule is CCCCCCCCCCCCCOC(=O)CCCC(=O)OC(C)CCCC(C)C. The normalized spacial score (nSPS) is 12.2. The van der Waals surface area contributed by atoms with E-state index in [1.165, 1.54) is 57.8 Å². The van der Waals surface area contributed by atoms with E-state index in [0.29, 0.717) is 31.8 Å². The lowest BCUT2D eigenvalue weighted by Gasteiger charge is -2.13. The zero-order valence-electron chi connectivity index (χ0n) is 20.5. The van der Waals surface area contributed by atoms with Crippen LogP contribution < -0.4 is 0 Å². The average Bonchev–Trinajstić information content (AvgIpc) is 2.68. The van der Waals surface area contributed by atoms with Crippen molar-refractivity contribution in [3.63, 3.8) is 0 Å². The van der Waals surface area contributed by atoms with Crippen LogP contribution in [0.25, 0.3) is 0 Å². The highest BCUT2D eigenvalue weighted by Gasteiger charge is 2.11. The highest BCUT2D eigenvalue weighted by atomic mass is 16.5. The largest absolute Gasteiger partial charge is 0.466 e. The van der Waals surface area contributed by atoms with Crippen molar-refractivity contribution in [2.45, 2.75) is 143 Å². The molecule has 0 fully saturated rings. The molecule has 4 heteroatoms. The number of rotatable bonds is 21. The Bertz CT molecular complexity index is 406. The molecule has 0 aromatic rings. The monoisotopic (exact) mass is 426 g/mol. The molecule has 0 rings (SSSR count). The molecule has 30 heavy (non-hydrogen) atoms. The van der Waals surface area contributed by atoms with Crippen LogP contribution in [0.4, 0.5) is 0 Å². The van der Waals surface area contributed by atoms with Gasteiger partial charge in [-0.3, -0.25) is 9.59 Å². The molecular weight excluding hydrogens is 376 g/mol. The third-order valence-corrected chi connectivity index (χ3v) is 5.50. The summed E-state index contributed by atoms with van der Waals surface area (Å²) in [6.07, 6.45) is 18.3. The number of unbranched alkanes of at least 4 members (excludes halogenated alkanes) is 10. The molecular formula is C26H50O4. The van der Waals surface area contributed by atoms with Crippen LogP contribution in [0.1, 0.15) is 137 Å². The van der Waals surface area contributed by atoms with Crippen molar-refractivity contribution >= 4 is 11.9 Å². The van der Waals surface area contributed by atoms with Gasteiger partial charge in [0.15, 0.2) is 0 Å². The van der Waals surface area contributed by atoms with Crippen LogP contribution in [0, 0.1) is 5.92 Å². The smallest absolute Gasteiger partial charge is 0.306 e. The fraction of sp³-hybridized carbons (Fsp3) is 0.923. The highest BCUT2D eigenvalue weighted by Crippen LogP contribution is 2.13. The van der Waals surface area contributed by atoms with E-state index in [0.717, 1.165) is 32.1 Å². The minimum atomic E-state index is -0.204. The van der Waals surface area contributed by atoms with E-state index in [1.807, 2.05) is 6.92 Å². The van der Waals surface area contributed by atoms with Gasteiger partial charge in [0, 0.05) is 12.8 Å². The van der Waals surface area contributed by atoms with Gasteiger partial charge in [0.05, 0.1) is 12.7 Å². The summed E-state index contributed by atoms with van der Waals surface area (Å²) in [4.78, 5) is 23.6. The van der Waals surface area contributed by atoms with Crippen molar-refractivity contribution in [2.75, 3.05) is 6.61 Å². The van der Waals surface area contributed by atoms with Crippen LogP contribution in [0.2, 0.25) is 0 Å². The third kappa shape index (κ3) is 21.6. The predicted octanol–water partition coefficient (Wildman–Crippen LogP) is 7.77. The van der Waals surface area contributed by atoms with Crippen LogP contribution in [0.15, 0.2) is 0 Å². The zero-order valence-corrected chi connectivity index (χ0v) is 20.5. The second kappa shape index (κ2) is 21.2. The molecule has 1 atom stereocenters. The third-order valence-electron chi connectivity index (χ3n) is 5.50. The topological polar surface area (TPSA) is 52.6 Å². The first kappa shape index (κ1) is 28.9. The molecule has 0 aromatic carbocycles. The van der Waals surface area contributed by atoms with Gasteiger partial charge in [0.1, 0.15) is 0 Å². The van der Waals surface area contributed by atoms with Crippen molar-refractivity contribution in [1.29, 1.82) is 0 Å². The maximum atomic E-state index is 11.8. The summed E-state index contributed by atoms with van der Waals surface area (Å²) in [7, 11) is 0. The van der Waals surface area contributed by atoms with Gasteiger partial charge in [-0.15, -0.1) is 0 Å². The Morgan fingerprint density at radius 2 is 1.17 bits per heavy atom. The first-order valence-electron chi connectivity index (χ1n) is 12.8. The van der Waals surface area contributed by atoms with Gasteiger partial charge in [0.2, 0.25) is 0 Å². The van der Waals surface area contributed by atoms with Crippen LogP contribution in [-0.2, 0) is 19.1 Å². The molecule has 4 nitrogen and oxygen atoms in total. The average molecular weight is 427 g/mol. The molecule has 0 heterocycles. The van der Waals surface area contributed by atoms with E-state index in [-0.39, 0.29) is 18.0 Å². The van der Waals surface area contributed by atoms with Gasteiger partial charge in [-0.25, -0.2) is 0 Å². The Morgan fingerprint density at radius 1 is 0.633 bits per heavy atom. The van der Waals surface area contributed by atoms with E-state index in [4.69, 9.17) is 9.47 Å². The molecule has 178 valence electrons. The summed E-state index contributed by atoms with van der Waals surface area (Å²) in [6.45, 7) is 9.11. The van der Waals surface area contributed by atoms with Crippen LogP contribution >= 0.6 is 0 Å². The van der Waals surface area contributed by atoms with E-state index in [2.05, 4.69) is 20.8 Å². The Kier molecular flexibility index (Phi) is 20.4. The molecule has 0 aliphatic carbocycles. The standard InChI is InChI=1S/C26H50O4/c1-5-6-7-8-9-10-11-12-13-14-15-22-29-25(27)20-17-21-26(28)30-24(4)19-16-18-23(2)3/h23-24H,5-22H2,1-4H3. The summed E-state index contributed by atoms with van der Waals surface area (Å²) in [5, 5.41) is 0. The maximum absolute atomic E-state index is 11.8. The molecule has 0 saturated carbocycles. The summed E-state index contributed by atoms with van der Waals surface area (Å²) in [6, 6.07) is 0. The first-order chi connectivity index (χ1) is 14.5.